The standard InChI is InChI=1S/C24H29N3O6S/c1-3-31-21-12-11-18(14-22(21)32-4-2)34(29,30)27(15-17-8-7-13-33-17)16-23-25-20-10-6-5-9-19(20)24(28)26-23/h5-6,9-12,14,17H,3-4,7-8,13,15-16H2,1-2H3,(H,25,26,28)/t17-/m0/s1. The molecule has 182 valence electrons. The van der Waals surface area contributed by atoms with Crippen LogP contribution in [-0.4, -0.2) is 55.2 Å². The number of aromatic nitrogens is 2. The zero-order valence-electron chi connectivity index (χ0n) is 19.3. The molecule has 1 aromatic heterocycles. The molecule has 0 spiro atoms. The number of nitrogens with zero attached hydrogens (tertiary/aromatic N) is 2. The summed E-state index contributed by atoms with van der Waals surface area (Å²) in [6.07, 6.45) is 1.42. The maximum Gasteiger partial charge on any atom is 0.258 e. The Hall–Kier alpha value is -2.95. The van der Waals surface area contributed by atoms with Gasteiger partial charge in [0.15, 0.2) is 11.5 Å². The third-order valence-electron chi connectivity index (χ3n) is 5.57. The zero-order valence-corrected chi connectivity index (χ0v) is 20.1. The smallest absolute Gasteiger partial charge is 0.258 e. The number of H-pyrrole nitrogens is 1. The van der Waals surface area contributed by atoms with Gasteiger partial charge in [-0.05, 0) is 51.0 Å². The highest BCUT2D eigenvalue weighted by molar-refractivity contribution is 7.89. The van der Waals surface area contributed by atoms with Crippen molar-refractivity contribution in [3.63, 3.8) is 0 Å². The lowest BCUT2D eigenvalue weighted by Crippen LogP contribution is -2.37. The molecule has 34 heavy (non-hydrogen) atoms. The van der Waals surface area contributed by atoms with E-state index in [1.165, 1.54) is 16.4 Å². The van der Waals surface area contributed by atoms with Gasteiger partial charge in [-0.3, -0.25) is 4.79 Å². The molecule has 1 aliphatic heterocycles. The molecule has 2 heterocycles. The molecular formula is C24H29N3O6S. The van der Waals surface area contributed by atoms with Gasteiger partial charge in [-0.2, -0.15) is 4.31 Å². The van der Waals surface area contributed by atoms with Gasteiger partial charge in [-0.25, -0.2) is 13.4 Å². The molecule has 4 rings (SSSR count). The molecule has 0 radical (unpaired) electrons. The van der Waals surface area contributed by atoms with Gasteiger partial charge >= 0.3 is 0 Å². The van der Waals surface area contributed by atoms with E-state index in [2.05, 4.69) is 9.97 Å². The summed E-state index contributed by atoms with van der Waals surface area (Å²) in [5, 5.41) is 0.452. The average molecular weight is 488 g/mol. The first kappa shape index (κ1) is 24.2. The number of rotatable bonds is 10. The third-order valence-corrected chi connectivity index (χ3v) is 7.38. The molecule has 0 aliphatic carbocycles. The molecule has 1 N–H and O–H groups in total. The second-order valence-corrected chi connectivity index (χ2v) is 9.87. The predicted octanol–water partition coefficient (Wildman–Crippen LogP) is 3.09. The summed E-state index contributed by atoms with van der Waals surface area (Å²) >= 11 is 0. The van der Waals surface area contributed by atoms with Gasteiger partial charge in [-0.15, -0.1) is 0 Å². The second-order valence-electron chi connectivity index (χ2n) is 7.94. The number of nitrogens with one attached hydrogen (secondary N) is 1. The van der Waals surface area contributed by atoms with E-state index in [1.807, 2.05) is 13.8 Å². The Morgan fingerprint density at radius 2 is 1.88 bits per heavy atom. The second kappa shape index (κ2) is 10.5. The fraction of sp³-hybridized carbons (Fsp3) is 0.417. The lowest BCUT2D eigenvalue weighted by molar-refractivity contribution is 0.0921. The van der Waals surface area contributed by atoms with E-state index < -0.39 is 10.0 Å². The van der Waals surface area contributed by atoms with Crippen molar-refractivity contribution in [1.82, 2.24) is 14.3 Å². The minimum absolute atomic E-state index is 0.0699. The van der Waals surface area contributed by atoms with E-state index in [4.69, 9.17) is 14.2 Å². The number of hydrogen-bond donors (Lipinski definition) is 1. The minimum Gasteiger partial charge on any atom is -0.490 e. The topological polar surface area (TPSA) is 111 Å². The summed E-state index contributed by atoms with van der Waals surface area (Å²) in [7, 11) is -3.97. The number of benzene rings is 2. The monoisotopic (exact) mass is 487 g/mol. The van der Waals surface area contributed by atoms with Gasteiger partial charge in [0.05, 0.1) is 41.7 Å². The third kappa shape index (κ3) is 5.24. The molecular weight excluding hydrogens is 458 g/mol. The van der Waals surface area contributed by atoms with Crippen LogP contribution in [0.1, 0.15) is 32.5 Å². The Labute approximate surface area is 198 Å². The summed E-state index contributed by atoms with van der Waals surface area (Å²) in [6, 6.07) is 11.5. The molecule has 1 fully saturated rings. The van der Waals surface area contributed by atoms with Gasteiger partial charge < -0.3 is 19.2 Å². The summed E-state index contributed by atoms with van der Waals surface area (Å²) in [5.41, 5.74) is 0.199. The lowest BCUT2D eigenvalue weighted by Gasteiger charge is -2.25. The summed E-state index contributed by atoms with van der Waals surface area (Å²) in [6.45, 7) is 5.11. The number of fused-ring (bicyclic) bond motifs is 1. The average Bonchev–Trinajstić information content (AvgIpc) is 3.33. The van der Waals surface area contributed by atoms with Crippen LogP contribution in [0.15, 0.2) is 52.2 Å². The van der Waals surface area contributed by atoms with E-state index in [1.54, 1.807) is 30.3 Å². The first-order valence-electron chi connectivity index (χ1n) is 11.4. The summed E-state index contributed by atoms with van der Waals surface area (Å²) in [4.78, 5) is 19.8. The van der Waals surface area contributed by atoms with E-state index in [0.717, 1.165) is 12.8 Å². The minimum atomic E-state index is -3.97. The highest BCUT2D eigenvalue weighted by Gasteiger charge is 2.31. The molecule has 1 atom stereocenters. The predicted molar refractivity (Wildman–Crippen MR) is 128 cm³/mol. The van der Waals surface area contributed by atoms with Gasteiger partial charge in [0.25, 0.3) is 5.56 Å². The number of ether oxygens (including phenoxy) is 3. The maximum absolute atomic E-state index is 13.8. The largest absolute Gasteiger partial charge is 0.490 e. The number of para-hydroxylation sites is 1. The Bertz CT molecular complexity index is 1300. The highest BCUT2D eigenvalue weighted by atomic mass is 32.2. The van der Waals surface area contributed by atoms with Gasteiger partial charge in [0, 0.05) is 19.2 Å². The fourth-order valence-electron chi connectivity index (χ4n) is 3.98. The Kier molecular flexibility index (Phi) is 7.50. The van der Waals surface area contributed by atoms with Crippen molar-refractivity contribution in [2.45, 2.75) is 44.2 Å². The molecule has 10 heteroatoms. The molecule has 0 saturated carbocycles. The van der Waals surface area contributed by atoms with Crippen LogP contribution in [0, 0.1) is 0 Å². The van der Waals surface area contributed by atoms with Gasteiger partial charge in [0.2, 0.25) is 10.0 Å². The van der Waals surface area contributed by atoms with Crippen LogP contribution in [0.5, 0.6) is 11.5 Å². The molecule has 3 aromatic rings. The van der Waals surface area contributed by atoms with Crippen molar-refractivity contribution in [2.24, 2.45) is 0 Å². The Balaban J connectivity index is 1.71. The van der Waals surface area contributed by atoms with Crippen LogP contribution < -0.4 is 15.0 Å². The molecule has 2 aromatic carbocycles. The molecule has 1 saturated heterocycles. The maximum atomic E-state index is 13.8. The van der Waals surface area contributed by atoms with E-state index >= 15 is 0 Å². The van der Waals surface area contributed by atoms with Crippen LogP contribution in [0.2, 0.25) is 0 Å². The van der Waals surface area contributed by atoms with Crippen molar-refractivity contribution >= 4 is 20.9 Å². The van der Waals surface area contributed by atoms with Crippen LogP contribution in [0.25, 0.3) is 10.9 Å². The fourth-order valence-corrected chi connectivity index (χ4v) is 5.43. The number of aromatic amines is 1. The normalized spacial score (nSPS) is 16.3. The zero-order chi connectivity index (χ0) is 24.1. The molecule has 0 bridgehead atoms. The Morgan fingerprint density at radius 3 is 2.62 bits per heavy atom. The first-order chi connectivity index (χ1) is 16.4. The van der Waals surface area contributed by atoms with Crippen LogP contribution in [0.4, 0.5) is 0 Å². The SMILES string of the molecule is CCOc1ccc(S(=O)(=O)N(Cc2nc3ccccc3c(=O)[nH]2)C[C@@H]2CCCO2)cc1OCC. The van der Waals surface area contributed by atoms with Crippen molar-refractivity contribution in [3.8, 4) is 11.5 Å². The van der Waals surface area contributed by atoms with Gasteiger partial charge in [0.1, 0.15) is 5.82 Å². The number of hydrogen-bond acceptors (Lipinski definition) is 7. The highest BCUT2D eigenvalue weighted by Crippen LogP contribution is 2.32. The van der Waals surface area contributed by atoms with Crippen molar-refractivity contribution in [2.75, 3.05) is 26.4 Å². The van der Waals surface area contributed by atoms with Crippen molar-refractivity contribution < 1.29 is 22.6 Å². The first-order valence-corrected chi connectivity index (χ1v) is 12.9. The molecule has 9 nitrogen and oxygen atoms in total. The van der Waals surface area contributed by atoms with Gasteiger partial charge in [-0.1, -0.05) is 12.1 Å². The molecule has 0 unspecified atom stereocenters. The van der Waals surface area contributed by atoms with Crippen molar-refractivity contribution in [3.05, 3.63) is 58.6 Å². The Morgan fingerprint density at radius 1 is 1.12 bits per heavy atom. The molecule has 0 amide bonds. The summed E-state index contributed by atoms with van der Waals surface area (Å²) < 4.78 is 45.7. The van der Waals surface area contributed by atoms with Crippen LogP contribution in [-0.2, 0) is 21.3 Å². The van der Waals surface area contributed by atoms with E-state index in [0.29, 0.717) is 42.2 Å². The van der Waals surface area contributed by atoms with Crippen LogP contribution >= 0.6 is 0 Å². The van der Waals surface area contributed by atoms with Crippen LogP contribution in [0.3, 0.4) is 0 Å². The van der Waals surface area contributed by atoms with Crippen molar-refractivity contribution in [1.29, 1.82) is 0 Å². The van der Waals surface area contributed by atoms with E-state index in [9.17, 15) is 13.2 Å². The van der Waals surface area contributed by atoms with E-state index in [-0.39, 0.29) is 35.5 Å². The number of sulfonamides is 1. The lowest BCUT2D eigenvalue weighted by atomic mass is 10.2. The molecule has 1 aliphatic rings. The summed E-state index contributed by atoms with van der Waals surface area (Å²) in [5.74, 6) is 1.11. The quantitative estimate of drug-likeness (QED) is 0.468.